The lowest BCUT2D eigenvalue weighted by Crippen LogP contribution is -2.36. The van der Waals surface area contributed by atoms with Crippen molar-refractivity contribution in [2.75, 3.05) is 12.3 Å². The maximum atomic E-state index is 11.7. The molecule has 1 rings (SSSR count). The van der Waals surface area contributed by atoms with Gasteiger partial charge in [-0.25, -0.2) is 0 Å². The Morgan fingerprint density at radius 1 is 1.32 bits per heavy atom. The number of rotatable bonds is 7. The summed E-state index contributed by atoms with van der Waals surface area (Å²) in [6, 6.07) is 7.19. The Hall–Kier alpha value is -1.71. The molecule has 0 radical (unpaired) electrons. The van der Waals surface area contributed by atoms with Crippen molar-refractivity contribution >= 4 is 11.6 Å². The first-order valence-electron chi connectivity index (χ1n) is 6.79. The van der Waals surface area contributed by atoms with Crippen molar-refractivity contribution in [1.29, 1.82) is 0 Å². The van der Waals surface area contributed by atoms with E-state index < -0.39 is 0 Å². The molecule has 3 N–H and O–H groups in total. The molecule has 1 aromatic carbocycles. The monoisotopic (exact) mass is 264 g/mol. The number of nitrogens with one attached hydrogen (secondary N) is 1. The molecule has 1 amide bonds. The van der Waals surface area contributed by atoms with Crippen molar-refractivity contribution in [1.82, 2.24) is 5.32 Å². The highest BCUT2D eigenvalue weighted by molar-refractivity contribution is 5.77. The van der Waals surface area contributed by atoms with E-state index in [1.165, 1.54) is 0 Å². The fraction of sp³-hybridized carbons (Fsp3) is 0.533. The highest BCUT2D eigenvalue weighted by Gasteiger charge is 2.10. The van der Waals surface area contributed by atoms with E-state index >= 15 is 0 Å². The predicted molar refractivity (Wildman–Crippen MR) is 78.0 cm³/mol. The summed E-state index contributed by atoms with van der Waals surface area (Å²) < 4.78 is 5.39. The molecular formula is C15H24N2O2. The number of benzene rings is 1. The van der Waals surface area contributed by atoms with E-state index in [1.54, 1.807) is 24.3 Å². The van der Waals surface area contributed by atoms with Crippen molar-refractivity contribution in [2.45, 2.75) is 39.7 Å². The minimum atomic E-state index is -0.0902. The molecule has 0 bridgehead atoms. The van der Waals surface area contributed by atoms with Crippen LogP contribution in [-0.4, -0.2) is 18.6 Å². The first-order chi connectivity index (χ1) is 9.01. The van der Waals surface area contributed by atoms with E-state index in [-0.39, 0.29) is 18.6 Å². The van der Waals surface area contributed by atoms with Gasteiger partial charge in [-0.05, 0) is 43.5 Å². The molecule has 0 saturated heterocycles. The summed E-state index contributed by atoms with van der Waals surface area (Å²) in [7, 11) is 0. The number of hydrogen-bond acceptors (Lipinski definition) is 3. The number of anilines is 1. The average molecular weight is 264 g/mol. The summed E-state index contributed by atoms with van der Waals surface area (Å²) in [5.41, 5.74) is 6.25. The third-order valence-electron chi connectivity index (χ3n) is 3.11. The number of nitrogen functional groups attached to an aromatic ring is 1. The Labute approximate surface area is 115 Å². The van der Waals surface area contributed by atoms with Crippen LogP contribution in [0.1, 0.15) is 33.6 Å². The molecule has 2 atom stereocenters. The number of carbonyl (C=O) groups is 1. The van der Waals surface area contributed by atoms with Gasteiger partial charge < -0.3 is 15.8 Å². The van der Waals surface area contributed by atoms with Crippen molar-refractivity contribution in [3.8, 4) is 5.75 Å². The molecule has 0 spiro atoms. The quantitative estimate of drug-likeness (QED) is 0.744. The fourth-order valence-corrected chi connectivity index (χ4v) is 1.86. The lowest BCUT2D eigenvalue weighted by atomic mass is 10.0. The third-order valence-corrected chi connectivity index (χ3v) is 3.11. The Kier molecular flexibility index (Phi) is 6.19. The predicted octanol–water partition coefficient (Wildman–Crippen LogP) is 2.59. The lowest BCUT2D eigenvalue weighted by molar-refractivity contribution is -0.123. The highest BCUT2D eigenvalue weighted by atomic mass is 16.5. The van der Waals surface area contributed by atoms with E-state index in [0.29, 0.717) is 17.4 Å². The van der Waals surface area contributed by atoms with Crippen molar-refractivity contribution in [3.05, 3.63) is 24.3 Å². The number of amides is 1. The molecule has 106 valence electrons. The molecule has 2 unspecified atom stereocenters. The van der Waals surface area contributed by atoms with Gasteiger partial charge in [-0.15, -0.1) is 0 Å². The van der Waals surface area contributed by atoms with Crippen LogP contribution in [-0.2, 0) is 4.79 Å². The summed E-state index contributed by atoms with van der Waals surface area (Å²) in [4.78, 5) is 11.7. The first kappa shape index (κ1) is 15.3. The molecule has 0 aliphatic rings. The molecule has 19 heavy (non-hydrogen) atoms. The van der Waals surface area contributed by atoms with Gasteiger partial charge in [0.05, 0.1) is 0 Å². The van der Waals surface area contributed by atoms with E-state index in [1.807, 2.05) is 6.92 Å². The second kappa shape index (κ2) is 7.67. The molecule has 0 saturated carbocycles. The van der Waals surface area contributed by atoms with Gasteiger partial charge in [-0.1, -0.05) is 20.3 Å². The van der Waals surface area contributed by atoms with Crippen molar-refractivity contribution < 1.29 is 9.53 Å². The zero-order valence-corrected chi connectivity index (χ0v) is 12.0. The molecule has 0 aliphatic carbocycles. The molecule has 1 aromatic rings. The second-order valence-electron chi connectivity index (χ2n) is 5.08. The Balaban J connectivity index is 2.29. The zero-order chi connectivity index (χ0) is 14.3. The van der Waals surface area contributed by atoms with Crippen LogP contribution in [0, 0.1) is 5.92 Å². The number of carbonyl (C=O) groups excluding carboxylic acids is 1. The van der Waals surface area contributed by atoms with Crippen LogP contribution < -0.4 is 15.8 Å². The normalized spacial score (nSPS) is 13.6. The van der Waals surface area contributed by atoms with E-state index in [0.717, 1.165) is 12.8 Å². The Morgan fingerprint density at radius 3 is 2.53 bits per heavy atom. The summed E-state index contributed by atoms with van der Waals surface area (Å²) in [6.45, 7) is 6.40. The number of hydrogen-bond donors (Lipinski definition) is 2. The van der Waals surface area contributed by atoms with Crippen LogP contribution in [0.4, 0.5) is 5.69 Å². The van der Waals surface area contributed by atoms with Gasteiger partial charge in [-0.2, -0.15) is 0 Å². The molecule has 0 aromatic heterocycles. The minimum Gasteiger partial charge on any atom is -0.484 e. The Bertz CT molecular complexity index is 390. The van der Waals surface area contributed by atoms with Gasteiger partial charge in [0.25, 0.3) is 5.91 Å². The van der Waals surface area contributed by atoms with Crippen LogP contribution in [0.15, 0.2) is 24.3 Å². The third kappa shape index (κ3) is 6.13. The standard InChI is InChI=1S/C15H24N2O2/c1-4-11(2)9-12(3)17-15(18)10-19-14-7-5-13(16)6-8-14/h5-8,11-12H,4,9-10,16H2,1-3H3,(H,17,18). The molecular weight excluding hydrogens is 240 g/mol. The van der Waals surface area contributed by atoms with Crippen molar-refractivity contribution in [3.63, 3.8) is 0 Å². The second-order valence-corrected chi connectivity index (χ2v) is 5.08. The van der Waals surface area contributed by atoms with Crippen LogP contribution in [0.25, 0.3) is 0 Å². The van der Waals surface area contributed by atoms with Gasteiger partial charge >= 0.3 is 0 Å². The van der Waals surface area contributed by atoms with Crippen LogP contribution in [0.3, 0.4) is 0 Å². The topological polar surface area (TPSA) is 64.3 Å². The van der Waals surface area contributed by atoms with E-state index in [2.05, 4.69) is 19.2 Å². The highest BCUT2D eigenvalue weighted by Crippen LogP contribution is 2.13. The molecule has 0 heterocycles. The maximum absolute atomic E-state index is 11.7. The minimum absolute atomic E-state index is 0.0365. The number of ether oxygens (including phenoxy) is 1. The van der Waals surface area contributed by atoms with Gasteiger partial charge in [0.15, 0.2) is 6.61 Å². The maximum Gasteiger partial charge on any atom is 0.258 e. The number of nitrogens with two attached hydrogens (primary N) is 1. The fourth-order valence-electron chi connectivity index (χ4n) is 1.86. The van der Waals surface area contributed by atoms with Crippen LogP contribution >= 0.6 is 0 Å². The van der Waals surface area contributed by atoms with E-state index in [4.69, 9.17) is 10.5 Å². The van der Waals surface area contributed by atoms with Crippen LogP contribution in [0.5, 0.6) is 5.75 Å². The smallest absolute Gasteiger partial charge is 0.258 e. The molecule has 4 nitrogen and oxygen atoms in total. The molecule has 0 aliphatic heterocycles. The van der Waals surface area contributed by atoms with Gasteiger partial charge in [0, 0.05) is 11.7 Å². The lowest BCUT2D eigenvalue weighted by Gasteiger charge is -2.17. The summed E-state index contributed by atoms with van der Waals surface area (Å²) in [6.07, 6.45) is 2.12. The van der Waals surface area contributed by atoms with Crippen molar-refractivity contribution in [2.24, 2.45) is 5.92 Å². The van der Waals surface area contributed by atoms with Gasteiger partial charge in [0.2, 0.25) is 0 Å². The SMILES string of the molecule is CCC(C)CC(C)NC(=O)COc1ccc(N)cc1. The summed E-state index contributed by atoms with van der Waals surface area (Å²) in [5.74, 6) is 1.18. The average Bonchev–Trinajstić information content (AvgIpc) is 2.37. The van der Waals surface area contributed by atoms with Gasteiger partial charge in [-0.3, -0.25) is 4.79 Å². The first-order valence-corrected chi connectivity index (χ1v) is 6.79. The molecule has 4 heteroatoms. The molecule has 0 fully saturated rings. The largest absolute Gasteiger partial charge is 0.484 e. The van der Waals surface area contributed by atoms with E-state index in [9.17, 15) is 4.79 Å². The van der Waals surface area contributed by atoms with Gasteiger partial charge in [0.1, 0.15) is 5.75 Å². The summed E-state index contributed by atoms with van der Waals surface area (Å²) in [5, 5.41) is 2.94. The summed E-state index contributed by atoms with van der Waals surface area (Å²) >= 11 is 0. The zero-order valence-electron chi connectivity index (χ0n) is 12.0. The Morgan fingerprint density at radius 2 is 1.95 bits per heavy atom. The van der Waals surface area contributed by atoms with Crippen LogP contribution in [0.2, 0.25) is 0 Å².